The summed E-state index contributed by atoms with van der Waals surface area (Å²) in [6.45, 7) is 4.69. The van der Waals surface area contributed by atoms with Crippen LogP contribution in [0.25, 0.3) is 0 Å². The number of nitrogens with one attached hydrogen (secondary N) is 1. The van der Waals surface area contributed by atoms with Crippen molar-refractivity contribution in [3.05, 3.63) is 29.3 Å². The zero-order valence-corrected chi connectivity index (χ0v) is 12.0. The van der Waals surface area contributed by atoms with Crippen molar-refractivity contribution in [2.45, 2.75) is 39.2 Å². The summed E-state index contributed by atoms with van der Waals surface area (Å²) in [6, 6.07) is 6.01. The summed E-state index contributed by atoms with van der Waals surface area (Å²) in [5, 5.41) is 3.00. The number of carbonyl (C=O) groups is 2. The number of nitrogens with zero attached hydrogens (tertiary/aromatic N) is 1. The van der Waals surface area contributed by atoms with Crippen LogP contribution in [-0.4, -0.2) is 24.4 Å². The van der Waals surface area contributed by atoms with Gasteiger partial charge in [-0.2, -0.15) is 0 Å². The Morgan fingerprint density at radius 3 is 2.65 bits per heavy atom. The first-order valence-electron chi connectivity index (χ1n) is 7.22. The fraction of sp³-hybridized carbons (Fsp3) is 0.500. The highest BCUT2D eigenvalue weighted by molar-refractivity contribution is 5.97. The molecular formula is C16H20N2O2. The van der Waals surface area contributed by atoms with Gasteiger partial charge in [0.05, 0.1) is 6.04 Å². The lowest BCUT2D eigenvalue weighted by Crippen LogP contribution is -2.38. The highest BCUT2D eigenvalue weighted by atomic mass is 16.2. The molecule has 1 aliphatic carbocycles. The Morgan fingerprint density at radius 2 is 2.00 bits per heavy atom. The quantitative estimate of drug-likeness (QED) is 0.914. The molecule has 4 nitrogen and oxygen atoms in total. The van der Waals surface area contributed by atoms with Crippen molar-refractivity contribution in [3.63, 3.8) is 0 Å². The second-order valence-electron chi connectivity index (χ2n) is 5.96. The molecule has 0 aromatic heterocycles. The van der Waals surface area contributed by atoms with Gasteiger partial charge in [-0.05, 0) is 49.9 Å². The third-order valence-corrected chi connectivity index (χ3v) is 4.22. The van der Waals surface area contributed by atoms with Crippen molar-refractivity contribution in [2.75, 3.05) is 11.4 Å². The van der Waals surface area contributed by atoms with Crippen LogP contribution in [0.5, 0.6) is 0 Å². The highest BCUT2D eigenvalue weighted by Gasteiger charge is 2.35. The molecule has 20 heavy (non-hydrogen) atoms. The lowest BCUT2D eigenvalue weighted by atomic mass is 10.1. The normalized spacial score (nSPS) is 22.2. The number of hydrogen-bond acceptors (Lipinski definition) is 2. The van der Waals surface area contributed by atoms with Crippen LogP contribution in [0.3, 0.4) is 0 Å². The minimum Gasteiger partial charge on any atom is -0.351 e. The molecule has 0 spiro atoms. The van der Waals surface area contributed by atoms with Crippen LogP contribution in [0, 0.1) is 19.8 Å². The molecule has 2 aliphatic rings. The van der Waals surface area contributed by atoms with Gasteiger partial charge in [0.15, 0.2) is 0 Å². The molecule has 1 aromatic rings. The summed E-state index contributed by atoms with van der Waals surface area (Å²) in [5.74, 6) is 0.403. The zero-order chi connectivity index (χ0) is 14.3. The van der Waals surface area contributed by atoms with Crippen LogP contribution in [0.1, 0.15) is 30.4 Å². The van der Waals surface area contributed by atoms with Crippen LogP contribution in [0.4, 0.5) is 5.69 Å². The lowest BCUT2D eigenvalue weighted by Gasteiger charge is -2.18. The number of anilines is 1. The molecule has 1 saturated carbocycles. The molecule has 1 atom stereocenters. The monoisotopic (exact) mass is 272 g/mol. The van der Waals surface area contributed by atoms with E-state index < -0.39 is 0 Å². The zero-order valence-electron chi connectivity index (χ0n) is 12.0. The van der Waals surface area contributed by atoms with Crippen LogP contribution in [0.15, 0.2) is 18.2 Å². The van der Waals surface area contributed by atoms with Crippen molar-refractivity contribution in [3.8, 4) is 0 Å². The van der Waals surface area contributed by atoms with E-state index in [-0.39, 0.29) is 23.8 Å². The molecule has 0 radical (unpaired) electrons. The van der Waals surface area contributed by atoms with Crippen molar-refractivity contribution in [1.29, 1.82) is 0 Å². The maximum Gasteiger partial charge on any atom is 0.229 e. The molecule has 4 heteroatoms. The van der Waals surface area contributed by atoms with E-state index in [4.69, 9.17) is 0 Å². The summed E-state index contributed by atoms with van der Waals surface area (Å²) < 4.78 is 0. The van der Waals surface area contributed by atoms with Gasteiger partial charge in [0.1, 0.15) is 0 Å². The SMILES string of the molecule is Cc1ccc(N2C[C@H](NC(=O)C3CC3)CC2=O)cc1C. The molecule has 1 aromatic carbocycles. The van der Waals surface area contributed by atoms with Crippen molar-refractivity contribution < 1.29 is 9.59 Å². The largest absolute Gasteiger partial charge is 0.351 e. The molecule has 2 fully saturated rings. The van der Waals surface area contributed by atoms with Crippen LogP contribution < -0.4 is 10.2 Å². The van der Waals surface area contributed by atoms with Gasteiger partial charge in [0, 0.05) is 24.6 Å². The summed E-state index contributed by atoms with van der Waals surface area (Å²) in [7, 11) is 0. The molecule has 2 amide bonds. The molecule has 0 bridgehead atoms. The molecule has 1 aliphatic heterocycles. The first-order valence-corrected chi connectivity index (χ1v) is 7.22. The standard InChI is InChI=1S/C16H20N2O2/c1-10-3-6-14(7-11(10)2)18-9-13(8-15(18)19)17-16(20)12-4-5-12/h3,6-7,12-13H,4-5,8-9H2,1-2H3,(H,17,20)/t13-/m1/s1. The number of benzene rings is 1. The second kappa shape index (κ2) is 4.93. The summed E-state index contributed by atoms with van der Waals surface area (Å²) >= 11 is 0. The number of rotatable bonds is 3. The van der Waals surface area contributed by atoms with E-state index in [1.54, 1.807) is 4.90 Å². The van der Waals surface area contributed by atoms with E-state index in [0.717, 1.165) is 18.5 Å². The van der Waals surface area contributed by atoms with E-state index in [0.29, 0.717) is 13.0 Å². The van der Waals surface area contributed by atoms with Crippen LogP contribution >= 0.6 is 0 Å². The predicted molar refractivity (Wildman–Crippen MR) is 77.5 cm³/mol. The Hall–Kier alpha value is -1.84. The van der Waals surface area contributed by atoms with Crippen molar-refractivity contribution in [2.24, 2.45) is 5.92 Å². The topological polar surface area (TPSA) is 49.4 Å². The first kappa shape index (κ1) is 13.2. The van der Waals surface area contributed by atoms with Crippen LogP contribution in [0.2, 0.25) is 0 Å². The maximum atomic E-state index is 12.1. The fourth-order valence-corrected chi connectivity index (χ4v) is 2.61. The average molecular weight is 272 g/mol. The van der Waals surface area contributed by atoms with Gasteiger partial charge in [0.25, 0.3) is 0 Å². The number of carbonyl (C=O) groups excluding carboxylic acids is 2. The molecular weight excluding hydrogens is 252 g/mol. The third-order valence-electron chi connectivity index (χ3n) is 4.22. The minimum absolute atomic E-state index is 0.0443. The fourth-order valence-electron chi connectivity index (χ4n) is 2.61. The Labute approximate surface area is 119 Å². The van der Waals surface area contributed by atoms with Crippen LogP contribution in [-0.2, 0) is 9.59 Å². The second-order valence-corrected chi connectivity index (χ2v) is 5.96. The van der Waals surface area contributed by atoms with Gasteiger partial charge in [-0.15, -0.1) is 0 Å². The van der Waals surface area contributed by atoms with Gasteiger partial charge in [0.2, 0.25) is 11.8 Å². The summed E-state index contributed by atoms with van der Waals surface area (Å²) in [6.07, 6.45) is 2.39. The Kier molecular flexibility index (Phi) is 3.24. The number of hydrogen-bond donors (Lipinski definition) is 1. The van der Waals surface area contributed by atoms with Gasteiger partial charge in [-0.1, -0.05) is 6.07 Å². The van der Waals surface area contributed by atoms with Crippen molar-refractivity contribution >= 4 is 17.5 Å². The Bertz CT molecular complexity index is 564. The van der Waals surface area contributed by atoms with E-state index in [9.17, 15) is 9.59 Å². The third kappa shape index (κ3) is 2.55. The smallest absolute Gasteiger partial charge is 0.229 e. The van der Waals surface area contributed by atoms with E-state index in [2.05, 4.69) is 12.2 Å². The maximum absolute atomic E-state index is 12.1. The Morgan fingerprint density at radius 1 is 1.25 bits per heavy atom. The summed E-state index contributed by atoms with van der Waals surface area (Å²) in [4.78, 5) is 25.7. The molecule has 1 saturated heterocycles. The van der Waals surface area contributed by atoms with Gasteiger partial charge < -0.3 is 10.2 Å². The average Bonchev–Trinajstić information content (AvgIpc) is 3.18. The summed E-state index contributed by atoms with van der Waals surface area (Å²) in [5.41, 5.74) is 3.33. The Balaban J connectivity index is 1.69. The number of aryl methyl sites for hydroxylation is 2. The van der Waals surface area contributed by atoms with Gasteiger partial charge >= 0.3 is 0 Å². The molecule has 106 valence electrons. The lowest BCUT2D eigenvalue weighted by molar-refractivity contribution is -0.122. The minimum atomic E-state index is -0.0443. The van der Waals surface area contributed by atoms with Crippen molar-refractivity contribution in [1.82, 2.24) is 5.32 Å². The molecule has 1 heterocycles. The first-order chi connectivity index (χ1) is 9.54. The van der Waals surface area contributed by atoms with Gasteiger partial charge in [-0.3, -0.25) is 9.59 Å². The van der Waals surface area contributed by atoms with Gasteiger partial charge in [-0.25, -0.2) is 0 Å². The molecule has 0 unspecified atom stereocenters. The molecule has 1 N–H and O–H groups in total. The van der Waals surface area contributed by atoms with E-state index >= 15 is 0 Å². The predicted octanol–water partition coefficient (Wildman–Crippen LogP) is 1.93. The van der Waals surface area contributed by atoms with E-state index in [1.807, 2.05) is 25.1 Å². The molecule has 3 rings (SSSR count). The highest BCUT2D eigenvalue weighted by Crippen LogP contribution is 2.30. The van der Waals surface area contributed by atoms with E-state index in [1.165, 1.54) is 11.1 Å². The number of amides is 2.